The summed E-state index contributed by atoms with van der Waals surface area (Å²) in [6.45, 7) is 8.35. The minimum absolute atomic E-state index is 0.0244. The third-order valence-electron chi connectivity index (χ3n) is 4.88. The molecule has 3 rings (SSSR count). The van der Waals surface area contributed by atoms with Crippen molar-refractivity contribution in [2.45, 2.75) is 6.92 Å². The van der Waals surface area contributed by atoms with E-state index in [1.54, 1.807) is 66.7 Å². The largest absolute Gasteiger partial charge is 0.476 e. The lowest BCUT2D eigenvalue weighted by molar-refractivity contribution is -0.144. The summed E-state index contributed by atoms with van der Waals surface area (Å²) in [6.07, 6.45) is 2.32. The number of carbonyl (C=O) groups excluding carboxylic acids is 2. The van der Waals surface area contributed by atoms with Crippen LogP contribution in [0.3, 0.4) is 0 Å². The van der Waals surface area contributed by atoms with Crippen LogP contribution in [-0.2, 0) is 19.0 Å². The number of hydrogen-bond acceptors (Lipinski definition) is 10. The van der Waals surface area contributed by atoms with Crippen LogP contribution in [0, 0.1) is 6.92 Å². The minimum atomic E-state index is -0.593. The highest BCUT2D eigenvalue weighted by Gasteiger charge is 2.11. The molecule has 0 heterocycles. The predicted octanol–water partition coefficient (Wildman–Crippen LogP) is 5.17. The summed E-state index contributed by atoms with van der Waals surface area (Å²) in [5.41, 5.74) is 1.08. The Morgan fingerprint density at radius 2 is 1.31 bits per heavy atom. The van der Waals surface area contributed by atoms with Gasteiger partial charge in [0.15, 0.2) is 13.6 Å². The van der Waals surface area contributed by atoms with Gasteiger partial charge in [-0.1, -0.05) is 13.2 Å². The second kappa shape index (κ2) is 15.3. The molecule has 39 heavy (non-hydrogen) atoms. The maximum absolute atomic E-state index is 12.5. The summed E-state index contributed by atoms with van der Waals surface area (Å²) >= 11 is 0. The maximum Gasteiger partial charge on any atom is 0.343 e. The van der Waals surface area contributed by atoms with Crippen molar-refractivity contribution in [3.63, 3.8) is 0 Å². The third-order valence-corrected chi connectivity index (χ3v) is 4.88. The van der Waals surface area contributed by atoms with Gasteiger partial charge in [-0.05, 0) is 79.2 Å². The molecule has 0 spiro atoms. The molecular weight excluding hydrogens is 508 g/mol. The Bertz CT molecular complexity index is 1240. The predicted molar refractivity (Wildman–Crippen MR) is 140 cm³/mol. The zero-order chi connectivity index (χ0) is 27.9. The average molecular weight is 537 g/mol. The van der Waals surface area contributed by atoms with Crippen LogP contribution in [0.25, 0.3) is 0 Å². The highest BCUT2D eigenvalue weighted by Crippen LogP contribution is 2.25. The maximum atomic E-state index is 12.5. The lowest BCUT2D eigenvalue weighted by Gasteiger charge is -2.12. The number of benzene rings is 3. The van der Waals surface area contributed by atoms with Crippen LogP contribution >= 0.6 is 0 Å². The van der Waals surface area contributed by atoms with E-state index in [2.05, 4.69) is 13.2 Å². The fraction of sp³-hybridized carbons (Fsp3) is 0.172. The second-order valence-corrected chi connectivity index (χ2v) is 7.57. The van der Waals surface area contributed by atoms with Crippen molar-refractivity contribution in [1.82, 2.24) is 0 Å². The van der Waals surface area contributed by atoms with Crippen LogP contribution in [0.15, 0.2) is 92.2 Å². The molecule has 10 nitrogen and oxygen atoms in total. The van der Waals surface area contributed by atoms with Gasteiger partial charge in [-0.3, -0.25) is 0 Å². The summed E-state index contributed by atoms with van der Waals surface area (Å²) in [4.78, 5) is 23.5. The Morgan fingerprint density at radius 3 is 1.92 bits per heavy atom. The van der Waals surface area contributed by atoms with Gasteiger partial charge in [0.25, 0.3) is 0 Å². The Morgan fingerprint density at radius 1 is 0.718 bits per heavy atom. The van der Waals surface area contributed by atoms with E-state index in [4.69, 9.17) is 37.9 Å². The molecule has 10 heteroatoms. The molecule has 0 radical (unpaired) electrons. The summed E-state index contributed by atoms with van der Waals surface area (Å²) in [6, 6.07) is 18.2. The van der Waals surface area contributed by atoms with Crippen LogP contribution in [0.4, 0.5) is 0 Å². The van der Waals surface area contributed by atoms with Crippen LogP contribution in [0.5, 0.6) is 28.7 Å². The summed E-state index contributed by atoms with van der Waals surface area (Å²) in [5.74, 6) is 1.43. The summed E-state index contributed by atoms with van der Waals surface area (Å²) in [5, 5.41) is 0. The Hall–Kier alpha value is -4.96. The van der Waals surface area contributed by atoms with E-state index in [9.17, 15) is 9.59 Å². The average Bonchev–Trinajstić information content (AvgIpc) is 2.95. The van der Waals surface area contributed by atoms with Gasteiger partial charge in [-0.15, -0.1) is 0 Å². The number of aryl methyl sites for hydroxylation is 1. The van der Waals surface area contributed by atoms with Crippen molar-refractivity contribution in [2.75, 3.05) is 27.2 Å². The zero-order valence-corrected chi connectivity index (χ0v) is 21.3. The molecule has 204 valence electrons. The molecule has 0 atom stereocenters. The van der Waals surface area contributed by atoms with E-state index in [0.717, 1.165) is 11.6 Å². The van der Waals surface area contributed by atoms with E-state index >= 15 is 0 Å². The molecule has 0 aromatic heterocycles. The monoisotopic (exact) mass is 536 g/mol. The molecule has 3 aromatic carbocycles. The number of carbonyl (C=O) groups is 2. The molecule has 0 saturated heterocycles. The van der Waals surface area contributed by atoms with Crippen LogP contribution in [0.1, 0.15) is 15.9 Å². The van der Waals surface area contributed by atoms with Crippen LogP contribution in [-0.4, -0.2) is 39.1 Å². The van der Waals surface area contributed by atoms with Crippen LogP contribution < -0.4 is 23.7 Å². The van der Waals surface area contributed by atoms with Gasteiger partial charge in [0, 0.05) is 6.08 Å². The molecule has 3 aromatic rings. The molecule has 0 aliphatic heterocycles. The van der Waals surface area contributed by atoms with E-state index < -0.39 is 11.9 Å². The normalized spacial score (nSPS) is 10.1. The Balaban J connectivity index is 1.42. The molecule has 0 bridgehead atoms. The molecule has 0 saturated carbocycles. The molecule has 0 aliphatic rings. The number of ether oxygens (including phenoxy) is 8. The Kier molecular flexibility index (Phi) is 11.2. The van der Waals surface area contributed by atoms with E-state index in [-0.39, 0.29) is 27.2 Å². The second-order valence-electron chi connectivity index (χ2n) is 7.57. The van der Waals surface area contributed by atoms with Crippen molar-refractivity contribution in [3.05, 3.63) is 103 Å². The van der Waals surface area contributed by atoms with E-state index in [0.29, 0.717) is 34.3 Å². The minimum Gasteiger partial charge on any atom is -0.476 e. The van der Waals surface area contributed by atoms with Gasteiger partial charge in [0.2, 0.25) is 13.6 Å². The summed E-state index contributed by atoms with van der Waals surface area (Å²) < 4.78 is 42.1. The van der Waals surface area contributed by atoms with Crippen LogP contribution in [0.2, 0.25) is 0 Å². The van der Waals surface area contributed by atoms with Crippen molar-refractivity contribution >= 4 is 11.9 Å². The smallest absolute Gasteiger partial charge is 0.343 e. The first kappa shape index (κ1) is 28.6. The van der Waals surface area contributed by atoms with Crippen molar-refractivity contribution in [3.8, 4) is 28.7 Å². The zero-order valence-electron chi connectivity index (χ0n) is 21.3. The van der Waals surface area contributed by atoms with Gasteiger partial charge in [0.05, 0.1) is 11.8 Å². The molecular formula is C29H28O10. The lowest BCUT2D eigenvalue weighted by atomic mass is 10.2. The fourth-order valence-electron chi connectivity index (χ4n) is 2.95. The summed E-state index contributed by atoms with van der Waals surface area (Å²) in [7, 11) is 0. The third kappa shape index (κ3) is 9.78. The quantitative estimate of drug-likeness (QED) is 0.0608. The first-order valence-electron chi connectivity index (χ1n) is 11.6. The SMILES string of the molecule is C=COCOCOc1ccc(OCOc2ccc(OC(=O)c3ccc(OCOC(=O)C=C)cc3)cc2C)cc1. The highest BCUT2D eigenvalue weighted by molar-refractivity contribution is 5.91. The van der Waals surface area contributed by atoms with Gasteiger partial charge in [-0.2, -0.15) is 0 Å². The lowest BCUT2D eigenvalue weighted by Crippen LogP contribution is -2.10. The van der Waals surface area contributed by atoms with Gasteiger partial charge in [-0.25, -0.2) is 9.59 Å². The van der Waals surface area contributed by atoms with Crippen molar-refractivity contribution in [1.29, 1.82) is 0 Å². The van der Waals surface area contributed by atoms with E-state index in [1.807, 2.05) is 6.92 Å². The van der Waals surface area contributed by atoms with Crippen molar-refractivity contribution in [2.24, 2.45) is 0 Å². The molecule has 0 N–H and O–H groups in total. The molecule has 0 unspecified atom stereocenters. The number of hydrogen-bond donors (Lipinski definition) is 0. The van der Waals surface area contributed by atoms with Crippen molar-refractivity contribution < 1.29 is 47.5 Å². The van der Waals surface area contributed by atoms with Gasteiger partial charge >= 0.3 is 11.9 Å². The topological polar surface area (TPSA) is 108 Å². The first-order valence-corrected chi connectivity index (χ1v) is 11.6. The fourth-order valence-corrected chi connectivity index (χ4v) is 2.95. The molecule has 0 aliphatic carbocycles. The Labute approximate surface area is 225 Å². The van der Waals surface area contributed by atoms with Gasteiger partial charge in [0.1, 0.15) is 28.7 Å². The van der Waals surface area contributed by atoms with E-state index in [1.165, 1.54) is 6.26 Å². The molecule has 0 amide bonds. The number of esters is 2. The number of rotatable bonds is 16. The molecule has 0 fully saturated rings. The first-order chi connectivity index (χ1) is 19.0. The standard InChI is InChI=1S/C29H28O10/c1-4-28(30)38-20-36-23-8-6-22(7-9-23)29(31)39-26-14-15-27(21(3)16-26)37-19-35-25-12-10-24(11-13-25)34-18-33-17-32-5-2/h4-16H,1-2,17-20H2,3H3. The highest BCUT2D eigenvalue weighted by atomic mass is 16.7. The van der Waals surface area contributed by atoms with Gasteiger partial charge < -0.3 is 37.9 Å².